The predicted molar refractivity (Wildman–Crippen MR) is 144 cm³/mol. The van der Waals surface area contributed by atoms with Gasteiger partial charge in [-0.2, -0.15) is 0 Å². The van der Waals surface area contributed by atoms with Gasteiger partial charge in [0.15, 0.2) is 0 Å². The number of nitrogens with one attached hydrogen (secondary N) is 2. The molecule has 2 aromatic carbocycles. The van der Waals surface area contributed by atoms with E-state index in [1.54, 1.807) is 24.3 Å². The topological polar surface area (TPSA) is 95.6 Å². The smallest absolute Gasteiger partial charge is 0.262 e. The number of sulfonamides is 1. The van der Waals surface area contributed by atoms with Crippen LogP contribution in [0.25, 0.3) is 10.1 Å². The number of carbonyl (C=O) groups excluding carboxylic acids is 2. The van der Waals surface area contributed by atoms with E-state index in [4.69, 9.17) is 0 Å². The van der Waals surface area contributed by atoms with Crippen molar-refractivity contribution < 1.29 is 18.0 Å². The Kier molecular flexibility index (Phi) is 9.46. The lowest BCUT2D eigenvalue weighted by atomic mass is 10.0. The maximum Gasteiger partial charge on any atom is 0.262 e. The van der Waals surface area contributed by atoms with Gasteiger partial charge in [-0.1, -0.05) is 44.2 Å². The second kappa shape index (κ2) is 12.1. The van der Waals surface area contributed by atoms with Crippen LogP contribution in [-0.4, -0.2) is 50.7 Å². The van der Waals surface area contributed by atoms with Crippen LogP contribution >= 0.6 is 27.3 Å². The number of nitrogens with zero attached hydrogens (tertiary/aromatic N) is 1. The first-order valence-electron chi connectivity index (χ1n) is 11.4. The second-order valence-electron chi connectivity index (χ2n) is 8.71. The molecule has 0 saturated heterocycles. The zero-order valence-electron chi connectivity index (χ0n) is 20.0. The maximum absolute atomic E-state index is 12.9. The third-order valence-corrected chi connectivity index (χ3v) is 9.44. The number of carbonyl (C=O) groups is 2. The Bertz CT molecular complexity index is 1260. The van der Waals surface area contributed by atoms with Crippen LogP contribution < -0.4 is 10.6 Å². The lowest BCUT2D eigenvalue weighted by Crippen LogP contribution is -2.47. The number of thiophene rings is 1. The first kappa shape index (κ1) is 27.3. The van der Waals surface area contributed by atoms with Crippen molar-refractivity contribution in [3.8, 4) is 0 Å². The highest BCUT2D eigenvalue weighted by Crippen LogP contribution is 2.26. The molecule has 0 radical (unpaired) electrons. The van der Waals surface area contributed by atoms with E-state index in [2.05, 4.69) is 26.6 Å². The average Bonchev–Trinajstić information content (AvgIpc) is 3.25. The summed E-state index contributed by atoms with van der Waals surface area (Å²) in [7, 11) is -2.13. The number of hydrogen-bond donors (Lipinski definition) is 2. The summed E-state index contributed by atoms with van der Waals surface area (Å²) < 4.78 is 28.4. The normalized spacial score (nSPS) is 12.7. The van der Waals surface area contributed by atoms with Crippen LogP contribution in [0, 0.1) is 5.92 Å². The van der Waals surface area contributed by atoms with Gasteiger partial charge in [0.25, 0.3) is 5.91 Å². The third kappa shape index (κ3) is 7.13. The van der Waals surface area contributed by atoms with Crippen molar-refractivity contribution in [2.45, 2.75) is 37.6 Å². The number of rotatable bonds is 11. The van der Waals surface area contributed by atoms with E-state index in [-0.39, 0.29) is 29.2 Å². The highest BCUT2D eigenvalue weighted by atomic mass is 79.9. The lowest BCUT2D eigenvalue weighted by Gasteiger charge is -2.21. The molecule has 1 aromatic heterocycles. The molecule has 1 atom stereocenters. The van der Waals surface area contributed by atoms with Crippen molar-refractivity contribution >= 4 is 59.2 Å². The Morgan fingerprint density at radius 2 is 1.77 bits per heavy atom. The molecule has 10 heteroatoms. The predicted octanol–water partition coefficient (Wildman–Crippen LogP) is 4.64. The molecule has 0 aliphatic heterocycles. The molecule has 2 N–H and O–H groups in total. The number of fused-ring (bicyclic) bond motifs is 1. The Hall–Kier alpha value is -2.27. The van der Waals surface area contributed by atoms with Gasteiger partial charge in [0, 0.05) is 29.3 Å². The molecule has 0 aliphatic carbocycles. The van der Waals surface area contributed by atoms with Crippen LogP contribution in [0.1, 0.15) is 36.4 Å². The fourth-order valence-electron chi connectivity index (χ4n) is 3.60. The van der Waals surface area contributed by atoms with Crippen LogP contribution in [0.5, 0.6) is 0 Å². The highest BCUT2D eigenvalue weighted by molar-refractivity contribution is 9.10. The molecule has 3 rings (SSSR count). The van der Waals surface area contributed by atoms with Crippen molar-refractivity contribution in [1.82, 2.24) is 14.9 Å². The summed E-state index contributed by atoms with van der Waals surface area (Å²) in [6, 6.07) is 15.6. The molecule has 0 spiro atoms. The van der Waals surface area contributed by atoms with E-state index in [1.165, 1.54) is 22.7 Å². The molecule has 0 saturated carbocycles. The van der Waals surface area contributed by atoms with Crippen LogP contribution in [0.3, 0.4) is 0 Å². The van der Waals surface area contributed by atoms with Gasteiger partial charge in [0.05, 0.1) is 9.77 Å². The van der Waals surface area contributed by atoms with Gasteiger partial charge in [-0.25, -0.2) is 12.7 Å². The van der Waals surface area contributed by atoms with Gasteiger partial charge in [0.1, 0.15) is 6.04 Å². The van der Waals surface area contributed by atoms with Gasteiger partial charge >= 0.3 is 0 Å². The fourth-order valence-corrected chi connectivity index (χ4v) is 6.74. The van der Waals surface area contributed by atoms with Gasteiger partial charge in [-0.05, 0) is 64.3 Å². The summed E-state index contributed by atoms with van der Waals surface area (Å²) in [6.07, 6.45) is 0.934. The summed E-state index contributed by atoms with van der Waals surface area (Å²) in [5.41, 5.74) is 0. The van der Waals surface area contributed by atoms with Crippen molar-refractivity contribution in [2.24, 2.45) is 5.92 Å². The second-order valence-corrected chi connectivity index (χ2v) is 12.7. The SMILES string of the molecule is CC(C)C[C@H](NC(=O)c1cc2ccccc2s1)C(=O)NCCCN(C)S(=O)(=O)c1ccccc1Br. The van der Waals surface area contributed by atoms with E-state index >= 15 is 0 Å². The molecule has 0 fully saturated rings. The first-order valence-corrected chi connectivity index (χ1v) is 14.4. The minimum atomic E-state index is -3.64. The first-order chi connectivity index (χ1) is 16.6. The fraction of sp³-hybridized carbons (Fsp3) is 0.360. The van der Waals surface area contributed by atoms with E-state index in [1.807, 2.05) is 44.2 Å². The number of amides is 2. The van der Waals surface area contributed by atoms with Crippen molar-refractivity contribution in [3.63, 3.8) is 0 Å². The molecule has 35 heavy (non-hydrogen) atoms. The molecule has 1 heterocycles. The summed E-state index contributed by atoms with van der Waals surface area (Å²) >= 11 is 4.68. The van der Waals surface area contributed by atoms with Crippen LogP contribution in [0.4, 0.5) is 0 Å². The standard InChI is InChI=1S/C25H30BrN3O4S2/c1-17(2)15-20(28-25(31)22-16-18-9-4-6-11-21(18)34-22)24(30)27-13-8-14-29(3)35(32,33)23-12-7-5-10-19(23)26/h4-7,9-12,16-17,20H,8,13-15H2,1-3H3,(H,27,30)(H,28,31)/t20-/m0/s1. The monoisotopic (exact) mass is 579 g/mol. The van der Waals surface area contributed by atoms with E-state index < -0.39 is 16.1 Å². The number of benzene rings is 2. The quantitative estimate of drug-likeness (QED) is 0.323. The zero-order chi connectivity index (χ0) is 25.6. The summed E-state index contributed by atoms with van der Waals surface area (Å²) in [5, 5.41) is 6.72. The molecule has 2 amide bonds. The third-order valence-electron chi connectivity index (χ3n) is 5.45. The number of halogens is 1. The van der Waals surface area contributed by atoms with E-state index in [0.717, 1.165) is 10.1 Å². The maximum atomic E-state index is 12.9. The van der Waals surface area contributed by atoms with Gasteiger partial charge < -0.3 is 10.6 Å². The minimum Gasteiger partial charge on any atom is -0.354 e. The summed E-state index contributed by atoms with van der Waals surface area (Å²) in [5.74, 6) is -0.343. The van der Waals surface area contributed by atoms with Crippen LogP contribution in [0.15, 0.2) is 64.0 Å². The zero-order valence-corrected chi connectivity index (χ0v) is 23.2. The molecule has 7 nitrogen and oxygen atoms in total. The van der Waals surface area contributed by atoms with Gasteiger partial charge in [0.2, 0.25) is 15.9 Å². The van der Waals surface area contributed by atoms with E-state index in [0.29, 0.717) is 28.7 Å². The highest BCUT2D eigenvalue weighted by Gasteiger charge is 2.25. The largest absolute Gasteiger partial charge is 0.354 e. The lowest BCUT2D eigenvalue weighted by molar-refractivity contribution is -0.123. The molecule has 0 unspecified atom stereocenters. The van der Waals surface area contributed by atoms with Crippen LogP contribution in [-0.2, 0) is 14.8 Å². The minimum absolute atomic E-state index is 0.201. The summed E-state index contributed by atoms with van der Waals surface area (Å²) in [4.78, 5) is 26.5. The van der Waals surface area contributed by atoms with Crippen molar-refractivity contribution in [2.75, 3.05) is 20.1 Å². The van der Waals surface area contributed by atoms with Gasteiger partial charge in [-0.15, -0.1) is 11.3 Å². The van der Waals surface area contributed by atoms with Crippen LogP contribution in [0.2, 0.25) is 0 Å². The van der Waals surface area contributed by atoms with Crippen molar-refractivity contribution in [1.29, 1.82) is 0 Å². The van der Waals surface area contributed by atoms with E-state index in [9.17, 15) is 18.0 Å². The molecular formula is C25H30BrN3O4S2. The molecule has 3 aromatic rings. The Balaban J connectivity index is 1.55. The molecular weight excluding hydrogens is 550 g/mol. The van der Waals surface area contributed by atoms with Gasteiger partial charge in [-0.3, -0.25) is 9.59 Å². The molecule has 188 valence electrons. The molecule has 0 aliphatic rings. The van der Waals surface area contributed by atoms with Crippen molar-refractivity contribution in [3.05, 3.63) is 63.9 Å². The molecule has 0 bridgehead atoms. The Morgan fingerprint density at radius 1 is 1.09 bits per heavy atom. The summed E-state index contributed by atoms with van der Waals surface area (Å²) in [6.45, 7) is 4.52. The Labute approximate surface area is 219 Å². The Morgan fingerprint density at radius 3 is 2.46 bits per heavy atom. The number of hydrogen-bond acceptors (Lipinski definition) is 5. The average molecular weight is 581 g/mol.